The minimum Gasteiger partial charge on any atom is -0.497 e. The number of nitrogens with one attached hydrogen (secondary N) is 1. The van der Waals surface area contributed by atoms with Gasteiger partial charge in [-0.25, -0.2) is 8.42 Å². The molecule has 0 heterocycles. The van der Waals surface area contributed by atoms with Crippen LogP contribution in [0.15, 0.2) is 84.9 Å². The third kappa shape index (κ3) is 10.3. The molecule has 0 radical (unpaired) electrons. The number of carbonyl (C=O) groups is 2. The summed E-state index contributed by atoms with van der Waals surface area (Å²) in [6, 6.07) is 25.1. The highest BCUT2D eigenvalue weighted by Crippen LogP contribution is 2.19. The standard InChI is InChI=1S/C32H41N3O5S/c1-25(2)19-20-33-32(37)30(21-26-11-7-5-8-12-26)35(23-28-15-17-29(40-3)18-16-28)31(36)24-34(41(4,38)39)22-27-13-9-6-10-14-27/h5-18,25,30H,19-24H2,1-4H3,(H,33,37)/t30-/m1/s1. The Balaban J connectivity index is 1.97. The van der Waals surface area contributed by atoms with Crippen molar-refractivity contribution >= 4 is 21.8 Å². The van der Waals surface area contributed by atoms with Gasteiger partial charge < -0.3 is 15.0 Å². The van der Waals surface area contributed by atoms with E-state index in [1.165, 1.54) is 4.90 Å². The molecule has 9 heteroatoms. The second-order valence-corrected chi connectivity index (χ2v) is 12.5. The molecule has 0 aliphatic rings. The van der Waals surface area contributed by atoms with Crippen LogP contribution in [-0.2, 0) is 39.1 Å². The smallest absolute Gasteiger partial charge is 0.243 e. The molecule has 0 saturated heterocycles. The molecule has 41 heavy (non-hydrogen) atoms. The first-order chi connectivity index (χ1) is 19.6. The molecule has 0 aliphatic heterocycles. The van der Waals surface area contributed by atoms with E-state index in [2.05, 4.69) is 19.2 Å². The van der Waals surface area contributed by atoms with Crippen molar-refractivity contribution in [1.29, 1.82) is 0 Å². The molecule has 0 spiro atoms. The Kier molecular flexibility index (Phi) is 11.9. The van der Waals surface area contributed by atoms with Gasteiger partial charge >= 0.3 is 0 Å². The van der Waals surface area contributed by atoms with Crippen LogP contribution in [0.2, 0.25) is 0 Å². The molecule has 0 bridgehead atoms. The molecule has 0 fully saturated rings. The van der Waals surface area contributed by atoms with Gasteiger partial charge in [0.15, 0.2) is 0 Å². The Labute approximate surface area is 244 Å². The lowest BCUT2D eigenvalue weighted by molar-refractivity contribution is -0.141. The lowest BCUT2D eigenvalue weighted by atomic mass is 10.0. The van der Waals surface area contributed by atoms with Gasteiger partial charge in [0, 0.05) is 26.1 Å². The number of benzene rings is 3. The van der Waals surface area contributed by atoms with Crippen LogP contribution >= 0.6 is 0 Å². The predicted molar refractivity (Wildman–Crippen MR) is 162 cm³/mol. The van der Waals surface area contributed by atoms with E-state index in [1.807, 2.05) is 72.8 Å². The van der Waals surface area contributed by atoms with Crippen molar-refractivity contribution in [2.24, 2.45) is 5.92 Å². The molecule has 3 rings (SSSR count). The maximum atomic E-state index is 14.1. The van der Waals surface area contributed by atoms with Gasteiger partial charge in [0.1, 0.15) is 11.8 Å². The highest BCUT2D eigenvalue weighted by molar-refractivity contribution is 7.88. The Morgan fingerprint density at radius 3 is 1.93 bits per heavy atom. The second-order valence-electron chi connectivity index (χ2n) is 10.6. The van der Waals surface area contributed by atoms with Crippen molar-refractivity contribution in [2.75, 3.05) is 26.5 Å². The van der Waals surface area contributed by atoms with E-state index < -0.39 is 28.5 Å². The highest BCUT2D eigenvalue weighted by Gasteiger charge is 2.32. The first-order valence-corrected chi connectivity index (χ1v) is 15.6. The van der Waals surface area contributed by atoms with E-state index in [-0.39, 0.29) is 25.4 Å². The first kappa shape index (κ1) is 31.8. The topological polar surface area (TPSA) is 96.0 Å². The molecule has 1 atom stereocenters. The fraction of sp³-hybridized carbons (Fsp3) is 0.375. The van der Waals surface area contributed by atoms with Crippen LogP contribution in [0.1, 0.15) is 37.0 Å². The Hall–Kier alpha value is -3.69. The molecular formula is C32H41N3O5S. The van der Waals surface area contributed by atoms with E-state index in [4.69, 9.17) is 4.74 Å². The van der Waals surface area contributed by atoms with Gasteiger partial charge in [-0.3, -0.25) is 9.59 Å². The number of amides is 2. The summed E-state index contributed by atoms with van der Waals surface area (Å²) in [5, 5.41) is 3.01. The normalized spacial score (nSPS) is 12.2. The third-order valence-electron chi connectivity index (χ3n) is 6.79. The average molecular weight is 580 g/mol. The van der Waals surface area contributed by atoms with Crippen LogP contribution in [0.3, 0.4) is 0 Å². The lowest BCUT2D eigenvalue weighted by Crippen LogP contribution is -2.53. The van der Waals surface area contributed by atoms with Gasteiger partial charge in [0.05, 0.1) is 19.9 Å². The quantitative estimate of drug-likeness (QED) is 0.290. The molecule has 0 aromatic heterocycles. The number of nitrogens with zero attached hydrogens (tertiary/aromatic N) is 2. The van der Waals surface area contributed by atoms with Crippen LogP contribution in [0.5, 0.6) is 5.75 Å². The van der Waals surface area contributed by atoms with Crippen LogP contribution in [0.4, 0.5) is 0 Å². The minimum absolute atomic E-state index is 0.0473. The fourth-order valence-electron chi connectivity index (χ4n) is 4.40. The zero-order valence-electron chi connectivity index (χ0n) is 24.3. The summed E-state index contributed by atoms with van der Waals surface area (Å²) in [5.74, 6) is 0.346. The lowest BCUT2D eigenvalue weighted by Gasteiger charge is -2.33. The van der Waals surface area contributed by atoms with Crippen LogP contribution in [-0.4, -0.2) is 61.9 Å². The second kappa shape index (κ2) is 15.3. The highest BCUT2D eigenvalue weighted by atomic mass is 32.2. The molecule has 1 N–H and O–H groups in total. The van der Waals surface area contributed by atoms with Crippen LogP contribution < -0.4 is 10.1 Å². The van der Waals surface area contributed by atoms with Gasteiger partial charge in [0.25, 0.3) is 0 Å². The summed E-state index contributed by atoms with van der Waals surface area (Å²) in [7, 11) is -2.16. The van der Waals surface area contributed by atoms with Gasteiger partial charge in [-0.1, -0.05) is 86.6 Å². The molecule has 2 amide bonds. The molecule has 0 unspecified atom stereocenters. The van der Waals surface area contributed by atoms with Gasteiger partial charge in [0.2, 0.25) is 21.8 Å². The fourth-order valence-corrected chi connectivity index (χ4v) is 5.13. The van der Waals surface area contributed by atoms with Gasteiger partial charge in [-0.05, 0) is 41.2 Å². The summed E-state index contributed by atoms with van der Waals surface area (Å²) in [5.41, 5.74) is 2.45. The molecule has 0 aliphatic carbocycles. The van der Waals surface area contributed by atoms with E-state index in [9.17, 15) is 18.0 Å². The Morgan fingerprint density at radius 1 is 0.829 bits per heavy atom. The number of hydrogen-bond acceptors (Lipinski definition) is 5. The monoisotopic (exact) mass is 579 g/mol. The number of carbonyl (C=O) groups excluding carboxylic acids is 2. The largest absolute Gasteiger partial charge is 0.497 e. The predicted octanol–water partition coefficient (Wildman–Crippen LogP) is 4.26. The van der Waals surface area contributed by atoms with Crippen molar-refractivity contribution in [3.63, 3.8) is 0 Å². The van der Waals surface area contributed by atoms with Crippen molar-refractivity contribution < 1.29 is 22.7 Å². The minimum atomic E-state index is -3.73. The van der Waals surface area contributed by atoms with Crippen molar-refractivity contribution in [3.8, 4) is 5.75 Å². The van der Waals surface area contributed by atoms with Gasteiger partial charge in [-0.15, -0.1) is 0 Å². The van der Waals surface area contributed by atoms with Gasteiger partial charge in [-0.2, -0.15) is 4.31 Å². The van der Waals surface area contributed by atoms with Crippen molar-refractivity contribution in [3.05, 3.63) is 102 Å². The average Bonchev–Trinajstić information content (AvgIpc) is 2.95. The zero-order chi connectivity index (χ0) is 29.8. The van der Waals surface area contributed by atoms with Crippen molar-refractivity contribution in [2.45, 2.75) is 45.8 Å². The SMILES string of the molecule is COc1ccc(CN(C(=O)CN(Cc2ccccc2)S(C)(=O)=O)[C@H](Cc2ccccc2)C(=O)NCCC(C)C)cc1. The summed E-state index contributed by atoms with van der Waals surface area (Å²) >= 11 is 0. The van der Waals surface area contributed by atoms with E-state index in [1.54, 1.807) is 19.2 Å². The maximum absolute atomic E-state index is 14.1. The summed E-state index contributed by atoms with van der Waals surface area (Å²) in [4.78, 5) is 29.2. The maximum Gasteiger partial charge on any atom is 0.243 e. The van der Waals surface area contributed by atoms with E-state index in [0.29, 0.717) is 18.2 Å². The Bertz CT molecular complexity index is 1350. The number of rotatable bonds is 15. The summed E-state index contributed by atoms with van der Waals surface area (Å²) in [6.07, 6.45) is 2.18. The number of hydrogen-bond donors (Lipinski definition) is 1. The van der Waals surface area contributed by atoms with Crippen LogP contribution in [0, 0.1) is 5.92 Å². The number of methoxy groups -OCH3 is 1. The summed E-state index contributed by atoms with van der Waals surface area (Å²) in [6.45, 7) is 4.43. The summed E-state index contributed by atoms with van der Waals surface area (Å²) < 4.78 is 32.0. The molecule has 3 aromatic carbocycles. The molecule has 3 aromatic rings. The molecule has 0 saturated carbocycles. The zero-order valence-corrected chi connectivity index (χ0v) is 25.1. The van der Waals surface area contributed by atoms with E-state index in [0.717, 1.165) is 33.7 Å². The number of sulfonamides is 1. The number of ether oxygens (including phenoxy) is 1. The Morgan fingerprint density at radius 2 is 1.39 bits per heavy atom. The van der Waals surface area contributed by atoms with Crippen LogP contribution in [0.25, 0.3) is 0 Å². The molecule has 8 nitrogen and oxygen atoms in total. The molecular weight excluding hydrogens is 538 g/mol. The first-order valence-electron chi connectivity index (χ1n) is 13.8. The van der Waals surface area contributed by atoms with Crippen molar-refractivity contribution in [1.82, 2.24) is 14.5 Å². The van der Waals surface area contributed by atoms with E-state index >= 15 is 0 Å². The third-order valence-corrected chi connectivity index (χ3v) is 7.98. The molecule has 220 valence electrons.